The largest absolute Gasteiger partial charge is 0.490 e. The minimum atomic E-state index is -0.369. The first-order valence-corrected chi connectivity index (χ1v) is 12.8. The van der Waals surface area contributed by atoms with Crippen molar-refractivity contribution in [2.45, 2.75) is 13.5 Å². The summed E-state index contributed by atoms with van der Waals surface area (Å²) >= 11 is 13.0. The monoisotopic (exact) mass is 543 g/mol. The predicted molar refractivity (Wildman–Crippen MR) is 143 cm³/mol. The molecule has 9 heteroatoms. The molecule has 4 rings (SSSR count). The van der Waals surface area contributed by atoms with Crippen LogP contribution in [0.4, 0.5) is 4.79 Å². The maximum atomic E-state index is 12.9. The summed E-state index contributed by atoms with van der Waals surface area (Å²) in [4.78, 5) is 26.8. The number of rotatable bonds is 10. The average molecular weight is 544 g/mol. The van der Waals surface area contributed by atoms with Gasteiger partial charge in [0.2, 0.25) is 0 Å². The number of halogens is 2. The second-order valence-corrected chi connectivity index (χ2v) is 9.51. The molecule has 0 saturated carbocycles. The predicted octanol–water partition coefficient (Wildman–Crippen LogP) is 7.09. The summed E-state index contributed by atoms with van der Waals surface area (Å²) in [5, 5.41) is 0.762. The van der Waals surface area contributed by atoms with Gasteiger partial charge in [-0.3, -0.25) is 14.5 Å². The molecular weight excluding hydrogens is 521 g/mol. The number of para-hydroxylation sites is 1. The van der Waals surface area contributed by atoms with Crippen molar-refractivity contribution in [3.63, 3.8) is 0 Å². The van der Waals surface area contributed by atoms with Gasteiger partial charge in [-0.2, -0.15) is 0 Å². The van der Waals surface area contributed by atoms with E-state index < -0.39 is 0 Å². The summed E-state index contributed by atoms with van der Waals surface area (Å²) in [5.74, 6) is 1.24. The lowest BCUT2D eigenvalue weighted by atomic mass is 10.1. The minimum Gasteiger partial charge on any atom is -0.490 e. The van der Waals surface area contributed by atoms with Gasteiger partial charge in [-0.15, -0.1) is 0 Å². The Morgan fingerprint density at radius 1 is 0.889 bits per heavy atom. The summed E-state index contributed by atoms with van der Waals surface area (Å²) < 4.78 is 17.3. The van der Waals surface area contributed by atoms with E-state index in [1.54, 1.807) is 48.5 Å². The number of nitrogens with zero attached hydrogens (tertiary/aromatic N) is 1. The molecule has 3 aromatic carbocycles. The third-order valence-corrected chi connectivity index (χ3v) is 6.59. The Morgan fingerprint density at radius 2 is 1.72 bits per heavy atom. The molecule has 0 spiro atoms. The molecule has 6 nitrogen and oxygen atoms in total. The third-order valence-electron chi connectivity index (χ3n) is 5.13. The van der Waals surface area contributed by atoms with Gasteiger partial charge in [0.1, 0.15) is 19.0 Å². The number of ether oxygens (including phenoxy) is 3. The van der Waals surface area contributed by atoms with Crippen molar-refractivity contribution in [3.8, 4) is 17.2 Å². The van der Waals surface area contributed by atoms with Crippen molar-refractivity contribution in [2.75, 3.05) is 19.8 Å². The Balaban J connectivity index is 1.42. The number of hydrogen-bond donors (Lipinski definition) is 0. The van der Waals surface area contributed by atoms with Gasteiger partial charge in [-0.05, 0) is 72.3 Å². The van der Waals surface area contributed by atoms with Crippen LogP contribution in [0.2, 0.25) is 10.0 Å². The van der Waals surface area contributed by atoms with Crippen LogP contribution in [0.25, 0.3) is 6.08 Å². The van der Waals surface area contributed by atoms with Crippen molar-refractivity contribution in [1.29, 1.82) is 0 Å². The van der Waals surface area contributed by atoms with Crippen LogP contribution in [-0.4, -0.2) is 35.8 Å². The second kappa shape index (κ2) is 12.2. The third kappa shape index (κ3) is 6.55. The number of benzene rings is 3. The number of thioether (sulfide) groups is 1. The lowest BCUT2D eigenvalue weighted by Gasteiger charge is -2.14. The van der Waals surface area contributed by atoms with Crippen molar-refractivity contribution in [1.82, 2.24) is 4.90 Å². The van der Waals surface area contributed by atoms with E-state index in [4.69, 9.17) is 37.4 Å². The first-order chi connectivity index (χ1) is 17.4. The first kappa shape index (κ1) is 25.9. The smallest absolute Gasteiger partial charge is 0.293 e. The van der Waals surface area contributed by atoms with E-state index in [1.807, 2.05) is 31.2 Å². The van der Waals surface area contributed by atoms with Crippen molar-refractivity contribution in [2.24, 2.45) is 0 Å². The molecule has 0 aliphatic carbocycles. The fraction of sp³-hybridized carbons (Fsp3) is 0.185. The summed E-state index contributed by atoms with van der Waals surface area (Å²) in [6.07, 6.45) is 1.67. The van der Waals surface area contributed by atoms with Gasteiger partial charge in [0.15, 0.2) is 11.5 Å². The quantitative estimate of drug-likeness (QED) is 0.254. The summed E-state index contributed by atoms with van der Waals surface area (Å²) in [6.45, 7) is 2.91. The highest BCUT2D eigenvalue weighted by Gasteiger charge is 2.34. The highest BCUT2D eigenvalue weighted by molar-refractivity contribution is 8.18. The Kier molecular flexibility index (Phi) is 8.80. The molecule has 1 heterocycles. The van der Waals surface area contributed by atoms with Gasteiger partial charge in [-0.1, -0.05) is 53.5 Å². The van der Waals surface area contributed by atoms with Crippen molar-refractivity contribution >= 4 is 52.2 Å². The molecular formula is C27H23Cl2NO5S. The van der Waals surface area contributed by atoms with Crippen LogP contribution in [0.3, 0.4) is 0 Å². The van der Waals surface area contributed by atoms with Gasteiger partial charge in [0.05, 0.1) is 23.1 Å². The van der Waals surface area contributed by atoms with Crippen LogP contribution < -0.4 is 14.2 Å². The van der Waals surface area contributed by atoms with Gasteiger partial charge >= 0.3 is 0 Å². The Bertz CT molecular complexity index is 1300. The molecule has 186 valence electrons. The zero-order valence-corrected chi connectivity index (χ0v) is 21.7. The Morgan fingerprint density at radius 3 is 2.50 bits per heavy atom. The van der Waals surface area contributed by atoms with Crippen LogP contribution in [0, 0.1) is 0 Å². The number of hydrogen-bond acceptors (Lipinski definition) is 6. The molecule has 0 radical (unpaired) electrons. The van der Waals surface area contributed by atoms with E-state index in [0.717, 1.165) is 17.3 Å². The van der Waals surface area contributed by atoms with E-state index in [-0.39, 0.29) is 24.3 Å². The molecule has 0 aromatic heterocycles. The van der Waals surface area contributed by atoms with Gasteiger partial charge in [-0.25, -0.2) is 0 Å². The number of imide groups is 1. The number of carbonyl (C=O) groups excluding carboxylic acids is 2. The lowest BCUT2D eigenvalue weighted by Crippen LogP contribution is -2.32. The van der Waals surface area contributed by atoms with Crippen LogP contribution >= 0.6 is 35.0 Å². The topological polar surface area (TPSA) is 65.1 Å². The Hall–Kier alpha value is -3.13. The normalized spacial score (nSPS) is 14.4. The number of carbonyl (C=O) groups is 2. The zero-order chi connectivity index (χ0) is 25.5. The average Bonchev–Trinajstić information content (AvgIpc) is 3.12. The summed E-state index contributed by atoms with van der Waals surface area (Å²) in [7, 11) is 0. The molecule has 2 amide bonds. The fourth-order valence-electron chi connectivity index (χ4n) is 3.44. The standard InChI is InChI=1S/C27H23Cl2NO5S/c1-2-33-24-15-18(10-11-23(24)35-17-19-6-5-7-20(28)14-19)16-25-26(31)30(27(32)36-25)12-13-34-22-9-4-3-8-21(22)29/h3-11,14-16H,2,12-13,17H2,1H3/b25-16-. The Labute approximate surface area is 223 Å². The molecule has 36 heavy (non-hydrogen) atoms. The van der Waals surface area contributed by atoms with Gasteiger partial charge in [0, 0.05) is 5.02 Å². The lowest BCUT2D eigenvalue weighted by molar-refractivity contribution is -0.123. The highest BCUT2D eigenvalue weighted by atomic mass is 35.5. The second-order valence-electron chi connectivity index (χ2n) is 7.67. The molecule has 1 aliphatic rings. The molecule has 1 aliphatic heterocycles. The van der Waals surface area contributed by atoms with E-state index in [9.17, 15) is 9.59 Å². The van der Waals surface area contributed by atoms with Gasteiger partial charge in [0.25, 0.3) is 11.1 Å². The van der Waals surface area contributed by atoms with E-state index in [2.05, 4.69) is 0 Å². The summed E-state index contributed by atoms with van der Waals surface area (Å²) in [6, 6.07) is 19.8. The van der Waals surface area contributed by atoms with Crippen LogP contribution in [-0.2, 0) is 11.4 Å². The summed E-state index contributed by atoms with van der Waals surface area (Å²) in [5.41, 5.74) is 1.65. The van der Waals surface area contributed by atoms with Crippen LogP contribution in [0.15, 0.2) is 71.6 Å². The molecule has 0 N–H and O–H groups in total. The molecule has 3 aromatic rings. The van der Waals surface area contributed by atoms with Crippen molar-refractivity contribution in [3.05, 3.63) is 92.8 Å². The maximum absolute atomic E-state index is 12.9. The minimum absolute atomic E-state index is 0.119. The molecule has 1 fully saturated rings. The zero-order valence-electron chi connectivity index (χ0n) is 19.4. The number of amides is 2. The van der Waals surface area contributed by atoms with Crippen LogP contribution in [0.1, 0.15) is 18.1 Å². The van der Waals surface area contributed by atoms with E-state index >= 15 is 0 Å². The van der Waals surface area contributed by atoms with Gasteiger partial charge < -0.3 is 14.2 Å². The highest BCUT2D eigenvalue weighted by Crippen LogP contribution is 2.35. The molecule has 0 bridgehead atoms. The molecule has 0 unspecified atom stereocenters. The molecule has 1 saturated heterocycles. The van der Waals surface area contributed by atoms with Crippen molar-refractivity contribution < 1.29 is 23.8 Å². The first-order valence-electron chi connectivity index (χ1n) is 11.2. The van der Waals surface area contributed by atoms with E-state index in [1.165, 1.54) is 4.90 Å². The fourth-order valence-corrected chi connectivity index (χ4v) is 4.71. The maximum Gasteiger partial charge on any atom is 0.293 e. The molecule has 0 atom stereocenters. The van der Waals surface area contributed by atoms with E-state index in [0.29, 0.717) is 51.0 Å². The SMILES string of the molecule is CCOc1cc(/C=C2\SC(=O)N(CCOc3ccccc3Cl)C2=O)ccc1OCc1cccc(Cl)c1. The van der Waals surface area contributed by atoms with Crippen LogP contribution in [0.5, 0.6) is 17.2 Å².